The lowest BCUT2D eigenvalue weighted by Gasteiger charge is -2.18. The van der Waals surface area contributed by atoms with Gasteiger partial charge in [-0.05, 0) is 37.5 Å². The Balaban J connectivity index is 1.73. The lowest BCUT2D eigenvalue weighted by molar-refractivity contribution is 0.247. The number of pyridine rings is 1. The molecule has 5 nitrogen and oxygen atoms in total. The molecule has 1 aliphatic heterocycles. The van der Waals surface area contributed by atoms with Crippen molar-refractivity contribution in [2.24, 2.45) is 0 Å². The number of anilines is 1. The van der Waals surface area contributed by atoms with Crippen molar-refractivity contribution >= 4 is 11.8 Å². The minimum Gasteiger partial charge on any atom is -0.493 e. The number of carbonyl (C=O) groups is 1. The van der Waals surface area contributed by atoms with Crippen molar-refractivity contribution in [2.45, 2.75) is 25.8 Å². The van der Waals surface area contributed by atoms with Gasteiger partial charge in [-0.15, -0.1) is 0 Å². The molecule has 1 aromatic heterocycles. The summed E-state index contributed by atoms with van der Waals surface area (Å²) < 4.78 is 5.71. The first kappa shape index (κ1) is 14.4. The Bertz CT molecular complexity index is 672. The SMILES string of the molecule is Cc1cccnc1NC(=O)NC1CCCOc2ccccc21. The van der Waals surface area contributed by atoms with Gasteiger partial charge in [0.15, 0.2) is 0 Å². The van der Waals surface area contributed by atoms with Gasteiger partial charge in [0.2, 0.25) is 0 Å². The molecule has 0 saturated carbocycles. The van der Waals surface area contributed by atoms with Crippen molar-refractivity contribution in [3.05, 3.63) is 53.7 Å². The molecular weight excluding hydrogens is 278 g/mol. The summed E-state index contributed by atoms with van der Waals surface area (Å²) in [6.07, 6.45) is 3.42. The molecule has 0 bridgehead atoms. The molecule has 2 amide bonds. The number of para-hydroxylation sites is 1. The van der Waals surface area contributed by atoms with E-state index in [1.54, 1.807) is 6.20 Å². The van der Waals surface area contributed by atoms with Crippen LogP contribution >= 0.6 is 0 Å². The van der Waals surface area contributed by atoms with E-state index < -0.39 is 0 Å². The normalized spacial score (nSPS) is 16.9. The van der Waals surface area contributed by atoms with Crippen LogP contribution in [0, 0.1) is 6.92 Å². The molecule has 5 heteroatoms. The van der Waals surface area contributed by atoms with Crippen LogP contribution in [0.4, 0.5) is 10.6 Å². The number of carbonyl (C=O) groups excluding carboxylic acids is 1. The fraction of sp³-hybridized carbons (Fsp3) is 0.294. The highest BCUT2D eigenvalue weighted by Crippen LogP contribution is 2.31. The van der Waals surface area contributed by atoms with Crippen molar-refractivity contribution in [1.82, 2.24) is 10.3 Å². The standard InChI is InChI=1S/C17H19N3O2/c1-12-6-4-10-18-16(12)20-17(21)19-14-8-5-11-22-15-9-3-2-7-13(14)15/h2-4,6-7,9-10,14H,5,8,11H2,1H3,(H2,18,19,20,21). The van der Waals surface area contributed by atoms with Gasteiger partial charge in [0.05, 0.1) is 12.6 Å². The van der Waals surface area contributed by atoms with Crippen LogP contribution in [0.25, 0.3) is 0 Å². The molecule has 1 aliphatic rings. The van der Waals surface area contributed by atoms with E-state index in [0.717, 1.165) is 29.7 Å². The summed E-state index contributed by atoms with van der Waals surface area (Å²) in [5, 5.41) is 5.83. The Morgan fingerprint density at radius 3 is 3.00 bits per heavy atom. The maximum Gasteiger partial charge on any atom is 0.320 e. The predicted octanol–water partition coefficient (Wildman–Crippen LogP) is 3.43. The van der Waals surface area contributed by atoms with E-state index in [1.807, 2.05) is 43.3 Å². The fourth-order valence-electron chi connectivity index (χ4n) is 2.59. The third-order valence-electron chi connectivity index (χ3n) is 3.74. The highest BCUT2D eigenvalue weighted by molar-refractivity contribution is 5.89. The summed E-state index contributed by atoms with van der Waals surface area (Å²) in [4.78, 5) is 16.4. The van der Waals surface area contributed by atoms with Crippen molar-refractivity contribution in [3.63, 3.8) is 0 Å². The molecular formula is C17H19N3O2. The van der Waals surface area contributed by atoms with Gasteiger partial charge in [0.25, 0.3) is 0 Å². The van der Waals surface area contributed by atoms with Crippen LogP contribution < -0.4 is 15.4 Å². The molecule has 2 N–H and O–H groups in total. The smallest absolute Gasteiger partial charge is 0.320 e. The Morgan fingerprint density at radius 2 is 2.14 bits per heavy atom. The average molecular weight is 297 g/mol. The van der Waals surface area contributed by atoms with Gasteiger partial charge in [0.1, 0.15) is 11.6 Å². The third-order valence-corrected chi connectivity index (χ3v) is 3.74. The van der Waals surface area contributed by atoms with Crippen LogP contribution in [0.5, 0.6) is 5.75 Å². The molecule has 0 fully saturated rings. The van der Waals surface area contributed by atoms with E-state index >= 15 is 0 Å². The zero-order valence-corrected chi connectivity index (χ0v) is 12.5. The summed E-state index contributed by atoms with van der Waals surface area (Å²) in [6.45, 7) is 2.59. The van der Waals surface area contributed by atoms with E-state index in [-0.39, 0.29) is 12.1 Å². The summed E-state index contributed by atoms with van der Waals surface area (Å²) in [6, 6.07) is 11.3. The van der Waals surface area contributed by atoms with Gasteiger partial charge in [-0.2, -0.15) is 0 Å². The molecule has 1 atom stereocenters. The van der Waals surface area contributed by atoms with E-state index in [4.69, 9.17) is 4.74 Å². The number of benzene rings is 1. The Kier molecular flexibility index (Phi) is 4.23. The highest BCUT2D eigenvalue weighted by atomic mass is 16.5. The summed E-state index contributed by atoms with van der Waals surface area (Å²) in [7, 11) is 0. The monoisotopic (exact) mass is 297 g/mol. The molecule has 2 heterocycles. The van der Waals surface area contributed by atoms with Gasteiger partial charge < -0.3 is 10.1 Å². The number of hydrogen-bond donors (Lipinski definition) is 2. The number of urea groups is 1. The second kappa shape index (κ2) is 6.47. The number of hydrogen-bond acceptors (Lipinski definition) is 3. The van der Waals surface area contributed by atoms with Crippen LogP contribution in [-0.4, -0.2) is 17.6 Å². The number of amides is 2. The van der Waals surface area contributed by atoms with E-state index in [1.165, 1.54) is 0 Å². The van der Waals surface area contributed by atoms with Gasteiger partial charge >= 0.3 is 6.03 Å². The van der Waals surface area contributed by atoms with Gasteiger partial charge in [-0.25, -0.2) is 9.78 Å². The lowest BCUT2D eigenvalue weighted by Crippen LogP contribution is -2.33. The number of aryl methyl sites for hydroxylation is 1. The summed E-state index contributed by atoms with van der Waals surface area (Å²) in [5.41, 5.74) is 1.95. The maximum atomic E-state index is 12.3. The van der Waals surface area contributed by atoms with Crippen molar-refractivity contribution in [2.75, 3.05) is 11.9 Å². The van der Waals surface area contributed by atoms with Gasteiger partial charge in [-0.1, -0.05) is 24.3 Å². The quantitative estimate of drug-likeness (QED) is 0.892. The summed E-state index contributed by atoms with van der Waals surface area (Å²) >= 11 is 0. The first-order valence-electron chi connectivity index (χ1n) is 7.45. The lowest BCUT2D eigenvalue weighted by atomic mass is 10.0. The minimum atomic E-state index is -0.247. The largest absolute Gasteiger partial charge is 0.493 e. The van der Waals surface area contributed by atoms with Crippen LogP contribution in [0.2, 0.25) is 0 Å². The first-order chi connectivity index (χ1) is 10.7. The average Bonchev–Trinajstić information content (AvgIpc) is 2.72. The number of ether oxygens (including phenoxy) is 1. The maximum absolute atomic E-state index is 12.3. The Labute approximate surface area is 129 Å². The second-order valence-corrected chi connectivity index (χ2v) is 5.35. The van der Waals surface area contributed by atoms with Crippen LogP contribution in [0.1, 0.15) is 30.0 Å². The van der Waals surface area contributed by atoms with Gasteiger partial charge in [-0.3, -0.25) is 5.32 Å². The molecule has 0 aliphatic carbocycles. The van der Waals surface area contributed by atoms with E-state index in [9.17, 15) is 4.79 Å². The number of nitrogens with one attached hydrogen (secondary N) is 2. The Morgan fingerprint density at radius 1 is 1.27 bits per heavy atom. The second-order valence-electron chi connectivity index (χ2n) is 5.35. The molecule has 2 aromatic rings. The molecule has 0 spiro atoms. The van der Waals surface area contributed by atoms with Crippen molar-refractivity contribution in [1.29, 1.82) is 0 Å². The molecule has 0 saturated heterocycles. The number of rotatable bonds is 2. The fourth-order valence-corrected chi connectivity index (χ4v) is 2.59. The zero-order valence-electron chi connectivity index (χ0n) is 12.5. The van der Waals surface area contributed by atoms with Gasteiger partial charge in [0, 0.05) is 11.8 Å². The van der Waals surface area contributed by atoms with Crippen LogP contribution in [-0.2, 0) is 0 Å². The first-order valence-corrected chi connectivity index (χ1v) is 7.45. The minimum absolute atomic E-state index is 0.0530. The topological polar surface area (TPSA) is 63.2 Å². The number of fused-ring (bicyclic) bond motifs is 1. The molecule has 1 aromatic carbocycles. The van der Waals surface area contributed by atoms with E-state index in [2.05, 4.69) is 15.6 Å². The Hall–Kier alpha value is -2.56. The molecule has 0 radical (unpaired) electrons. The third kappa shape index (κ3) is 3.19. The zero-order chi connectivity index (χ0) is 15.4. The predicted molar refractivity (Wildman–Crippen MR) is 85.0 cm³/mol. The van der Waals surface area contributed by atoms with Crippen molar-refractivity contribution in [3.8, 4) is 5.75 Å². The molecule has 1 unspecified atom stereocenters. The molecule has 3 rings (SSSR count). The van der Waals surface area contributed by atoms with Crippen LogP contribution in [0.3, 0.4) is 0 Å². The number of nitrogens with zero attached hydrogens (tertiary/aromatic N) is 1. The highest BCUT2D eigenvalue weighted by Gasteiger charge is 2.21. The molecule has 114 valence electrons. The summed E-state index contributed by atoms with van der Waals surface area (Å²) in [5.74, 6) is 1.43. The van der Waals surface area contributed by atoms with Crippen LogP contribution in [0.15, 0.2) is 42.6 Å². The van der Waals surface area contributed by atoms with Crippen molar-refractivity contribution < 1.29 is 9.53 Å². The molecule has 22 heavy (non-hydrogen) atoms. The number of aromatic nitrogens is 1. The van der Waals surface area contributed by atoms with E-state index in [0.29, 0.717) is 12.4 Å².